The van der Waals surface area contributed by atoms with Crippen molar-refractivity contribution in [2.24, 2.45) is 0 Å². The first-order valence-electron chi connectivity index (χ1n) is 6.94. The van der Waals surface area contributed by atoms with Crippen molar-refractivity contribution in [3.05, 3.63) is 22.4 Å². The molecule has 3 heterocycles. The van der Waals surface area contributed by atoms with Crippen molar-refractivity contribution in [1.29, 1.82) is 0 Å². The maximum absolute atomic E-state index is 11.8. The highest BCUT2D eigenvalue weighted by Gasteiger charge is 2.34. The fourth-order valence-electron chi connectivity index (χ4n) is 3.08. The average molecular weight is 280 g/mol. The Bertz CT molecular complexity index is 427. The highest BCUT2D eigenvalue weighted by Crippen LogP contribution is 2.23. The van der Waals surface area contributed by atoms with E-state index in [-0.39, 0.29) is 5.91 Å². The molecule has 19 heavy (non-hydrogen) atoms. The van der Waals surface area contributed by atoms with Gasteiger partial charge in [-0.2, -0.15) is 0 Å². The standard InChI is InChI=1S/C14H20N2O2S/c17-12-8-14(18)16(9-12)11-3-5-15(6-4-11)10-13-2-1-7-19-13/h1-2,7,11-12,17H,3-6,8-10H2. The Labute approximate surface area is 117 Å². The van der Waals surface area contributed by atoms with Crippen LogP contribution in [0.1, 0.15) is 24.1 Å². The molecule has 1 N–H and O–H groups in total. The van der Waals surface area contributed by atoms with Crippen LogP contribution in [0, 0.1) is 0 Å². The third-order valence-electron chi connectivity index (χ3n) is 4.10. The first kappa shape index (κ1) is 13.1. The summed E-state index contributed by atoms with van der Waals surface area (Å²) in [4.78, 5) is 17.5. The lowest BCUT2D eigenvalue weighted by atomic mass is 10.0. The second-order valence-corrected chi connectivity index (χ2v) is 6.52. The average Bonchev–Trinajstić information content (AvgIpc) is 3.00. The van der Waals surface area contributed by atoms with Gasteiger partial charge < -0.3 is 10.0 Å². The van der Waals surface area contributed by atoms with E-state index in [1.807, 2.05) is 4.90 Å². The number of carbonyl (C=O) groups is 1. The maximum atomic E-state index is 11.8. The molecule has 0 aliphatic carbocycles. The zero-order valence-electron chi connectivity index (χ0n) is 11.0. The van der Waals surface area contributed by atoms with Gasteiger partial charge in [0.2, 0.25) is 5.91 Å². The van der Waals surface area contributed by atoms with E-state index in [2.05, 4.69) is 22.4 Å². The molecular weight excluding hydrogens is 260 g/mol. The SMILES string of the molecule is O=C1CC(O)CN1C1CCN(Cc2cccs2)CC1. The van der Waals surface area contributed by atoms with E-state index in [0.29, 0.717) is 19.0 Å². The molecule has 0 spiro atoms. The number of piperidine rings is 1. The van der Waals surface area contributed by atoms with E-state index >= 15 is 0 Å². The minimum atomic E-state index is -0.448. The number of hydrogen-bond acceptors (Lipinski definition) is 4. The van der Waals surface area contributed by atoms with Crippen molar-refractivity contribution < 1.29 is 9.90 Å². The summed E-state index contributed by atoms with van der Waals surface area (Å²) in [5.41, 5.74) is 0. The minimum Gasteiger partial charge on any atom is -0.391 e. The van der Waals surface area contributed by atoms with Gasteiger partial charge in [-0.25, -0.2) is 0 Å². The van der Waals surface area contributed by atoms with Gasteiger partial charge in [-0.15, -0.1) is 11.3 Å². The molecular formula is C14H20N2O2S. The number of β-amino-alcohol motifs (C(OH)–C–C–N with tert-alkyl or cyclic N) is 1. The van der Waals surface area contributed by atoms with Crippen molar-refractivity contribution in [3.8, 4) is 0 Å². The molecule has 1 aromatic heterocycles. The van der Waals surface area contributed by atoms with Crippen LogP contribution in [-0.4, -0.2) is 52.6 Å². The number of rotatable bonds is 3. The Morgan fingerprint density at radius 3 is 2.74 bits per heavy atom. The van der Waals surface area contributed by atoms with Crippen molar-refractivity contribution in [3.63, 3.8) is 0 Å². The number of carbonyl (C=O) groups excluding carboxylic acids is 1. The molecule has 2 saturated heterocycles. The summed E-state index contributed by atoms with van der Waals surface area (Å²) in [6.07, 6.45) is 1.93. The van der Waals surface area contributed by atoms with Gasteiger partial charge in [0, 0.05) is 37.1 Å². The number of aliphatic hydroxyl groups excluding tert-OH is 1. The predicted octanol–water partition coefficient (Wildman–Crippen LogP) is 1.31. The molecule has 1 unspecified atom stereocenters. The van der Waals surface area contributed by atoms with Crippen LogP contribution in [0.5, 0.6) is 0 Å². The molecule has 0 aromatic carbocycles. The van der Waals surface area contributed by atoms with Crippen LogP contribution in [-0.2, 0) is 11.3 Å². The van der Waals surface area contributed by atoms with Crippen LogP contribution >= 0.6 is 11.3 Å². The van der Waals surface area contributed by atoms with Crippen molar-refractivity contribution >= 4 is 17.2 Å². The highest BCUT2D eigenvalue weighted by atomic mass is 32.1. The molecule has 0 bridgehead atoms. The lowest BCUT2D eigenvalue weighted by Crippen LogP contribution is -2.45. The van der Waals surface area contributed by atoms with Crippen molar-refractivity contribution in [2.45, 2.75) is 38.0 Å². The Balaban J connectivity index is 1.51. The molecule has 0 saturated carbocycles. The first-order valence-corrected chi connectivity index (χ1v) is 7.82. The van der Waals surface area contributed by atoms with Crippen LogP contribution in [0.4, 0.5) is 0 Å². The molecule has 1 amide bonds. The summed E-state index contributed by atoms with van der Waals surface area (Å²) in [6.45, 7) is 3.65. The Kier molecular flexibility index (Phi) is 3.86. The maximum Gasteiger partial charge on any atom is 0.225 e. The van der Waals surface area contributed by atoms with Crippen LogP contribution in [0.3, 0.4) is 0 Å². The number of hydrogen-bond donors (Lipinski definition) is 1. The number of thiophene rings is 1. The van der Waals surface area contributed by atoms with E-state index < -0.39 is 6.10 Å². The number of aliphatic hydroxyl groups is 1. The summed E-state index contributed by atoms with van der Waals surface area (Å²) >= 11 is 1.80. The fraction of sp³-hybridized carbons (Fsp3) is 0.643. The van der Waals surface area contributed by atoms with E-state index in [4.69, 9.17) is 0 Å². The van der Waals surface area contributed by atoms with Gasteiger partial charge in [-0.3, -0.25) is 9.69 Å². The molecule has 104 valence electrons. The molecule has 0 radical (unpaired) electrons. The highest BCUT2D eigenvalue weighted by molar-refractivity contribution is 7.09. The summed E-state index contributed by atoms with van der Waals surface area (Å²) in [5.74, 6) is 0.129. The fourth-order valence-corrected chi connectivity index (χ4v) is 3.82. The lowest BCUT2D eigenvalue weighted by Gasteiger charge is -2.36. The largest absolute Gasteiger partial charge is 0.391 e. The third-order valence-corrected chi connectivity index (χ3v) is 4.96. The second-order valence-electron chi connectivity index (χ2n) is 5.49. The van der Waals surface area contributed by atoms with Gasteiger partial charge in [0.1, 0.15) is 0 Å². The van der Waals surface area contributed by atoms with E-state index in [1.54, 1.807) is 11.3 Å². The van der Waals surface area contributed by atoms with E-state index in [1.165, 1.54) is 4.88 Å². The molecule has 5 heteroatoms. The van der Waals surface area contributed by atoms with Gasteiger partial charge in [0.05, 0.1) is 12.5 Å². The zero-order chi connectivity index (χ0) is 13.2. The minimum absolute atomic E-state index is 0.129. The first-order chi connectivity index (χ1) is 9.22. The van der Waals surface area contributed by atoms with Crippen LogP contribution < -0.4 is 0 Å². The van der Waals surface area contributed by atoms with Crippen LogP contribution in [0.15, 0.2) is 17.5 Å². The zero-order valence-corrected chi connectivity index (χ0v) is 11.8. The molecule has 3 rings (SSSR count). The van der Waals surface area contributed by atoms with Gasteiger partial charge in [-0.05, 0) is 24.3 Å². The predicted molar refractivity (Wildman–Crippen MR) is 75.0 cm³/mol. The normalized spacial score (nSPS) is 26.3. The lowest BCUT2D eigenvalue weighted by molar-refractivity contribution is -0.130. The summed E-state index contributed by atoms with van der Waals surface area (Å²) in [6, 6.07) is 4.61. The topological polar surface area (TPSA) is 43.8 Å². The van der Waals surface area contributed by atoms with E-state index in [9.17, 15) is 9.90 Å². The third kappa shape index (κ3) is 2.99. The summed E-state index contributed by atoms with van der Waals surface area (Å²) in [5, 5.41) is 11.7. The molecule has 2 aliphatic heterocycles. The van der Waals surface area contributed by atoms with Gasteiger partial charge in [0.15, 0.2) is 0 Å². The smallest absolute Gasteiger partial charge is 0.225 e. The van der Waals surface area contributed by atoms with Crippen molar-refractivity contribution in [1.82, 2.24) is 9.80 Å². The van der Waals surface area contributed by atoms with Gasteiger partial charge in [-0.1, -0.05) is 6.07 Å². The van der Waals surface area contributed by atoms with Gasteiger partial charge in [0.25, 0.3) is 0 Å². The Morgan fingerprint density at radius 1 is 1.37 bits per heavy atom. The quantitative estimate of drug-likeness (QED) is 0.908. The number of likely N-dealkylation sites (tertiary alicyclic amines) is 2. The number of amides is 1. The van der Waals surface area contributed by atoms with E-state index in [0.717, 1.165) is 32.5 Å². The molecule has 1 atom stereocenters. The molecule has 4 nitrogen and oxygen atoms in total. The monoisotopic (exact) mass is 280 g/mol. The molecule has 1 aromatic rings. The summed E-state index contributed by atoms with van der Waals surface area (Å²) in [7, 11) is 0. The number of nitrogens with zero attached hydrogens (tertiary/aromatic N) is 2. The van der Waals surface area contributed by atoms with Crippen molar-refractivity contribution in [2.75, 3.05) is 19.6 Å². The van der Waals surface area contributed by atoms with Crippen LogP contribution in [0.2, 0.25) is 0 Å². The second kappa shape index (κ2) is 5.61. The summed E-state index contributed by atoms with van der Waals surface area (Å²) < 4.78 is 0. The van der Waals surface area contributed by atoms with Gasteiger partial charge >= 0.3 is 0 Å². The Morgan fingerprint density at radius 2 is 2.16 bits per heavy atom. The molecule has 2 fully saturated rings. The molecule has 2 aliphatic rings. The Hall–Kier alpha value is -0.910. The van der Waals surface area contributed by atoms with Crippen LogP contribution in [0.25, 0.3) is 0 Å².